The second-order valence-corrected chi connectivity index (χ2v) is 4.32. The molecule has 1 rings (SSSR count). The number of hydrogen-bond donors (Lipinski definition) is 1. The first kappa shape index (κ1) is 17.0. The molecule has 0 bridgehead atoms. The van der Waals surface area contributed by atoms with Crippen LogP contribution in [0.4, 0.5) is 0 Å². The van der Waals surface area contributed by atoms with Gasteiger partial charge in [0.2, 0.25) is 0 Å². The van der Waals surface area contributed by atoms with Crippen molar-refractivity contribution in [2.75, 3.05) is 34.0 Å². The molecule has 0 unspecified atom stereocenters. The first-order valence-electron chi connectivity index (χ1n) is 6.70. The van der Waals surface area contributed by atoms with Gasteiger partial charge in [0.05, 0.1) is 13.7 Å². The van der Waals surface area contributed by atoms with Crippen LogP contribution in [0.25, 0.3) is 0 Å². The van der Waals surface area contributed by atoms with Gasteiger partial charge in [-0.3, -0.25) is 9.59 Å². The molecule has 0 aromatic heterocycles. The van der Waals surface area contributed by atoms with Gasteiger partial charge in [-0.25, -0.2) is 0 Å². The van der Waals surface area contributed by atoms with Gasteiger partial charge in [-0.05, 0) is 18.1 Å². The Morgan fingerprint density at radius 2 is 1.95 bits per heavy atom. The van der Waals surface area contributed by atoms with Gasteiger partial charge in [-0.1, -0.05) is 18.2 Å². The number of esters is 1. The number of rotatable bonds is 9. The summed E-state index contributed by atoms with van der Waals surface area (Å²) in [6.45, 7) is 0.552. The fraction of sp³-hybridized carbons (Fsp3) is 0.467. The molecule has 0 fully saturated rings. The molecule has 0 heterocycles. The fourth-order valence-electron chi connectivity index (χ4n) is 1.71. The Balaban J connectivity index is 2.26. The van der Waals surface area contributed by atoms with Crippen molar-refractivity contribution in [2.24, 2.45) is 0 Å². The molecule has 0 saturated heterocycles. The summed E-state index contributed by atoms with van der Waals surface area (Å²) in [4.78, 5) is 22.9. The van der Waals surface area contributed by atoms with Crippen molar-refractivity contribution in [3.8, 4) is 5.75 Å². The average molecular weight is 295 g/mol. The lowest BCUT2D eigenvalue weighted by Crippen LogP contribution is -2.31. The van der Waals surface area contributed by atoms with E-state index in [1.54, 1.807) is 14.2 Å². The van der Waals surface area contributed by atoms with E-state index in [9.17, 15) is 9.59 Å². The van der Waals surface area contributed by atoms with E-state index in [0.717, 1.165) is 11.3 Å². The van der Waals surface area contributed by atoms with Crippen molar-refractivity contribution in [2.45, 2.75) is 12.8 Å². The number of aryl methyl sites for hydroxylation is 1. The van der Waals surface area contributed by atoms with Crippen molar-refractivity contribution in [1.82, 2.24) is 5.32 Å². The van der Waals surface area contributed by atoms with Crippen LogP contribution >= 0.6 is 0 Å². The fourth-order valence-corrected chi connectivity index (χ4v) is 1.71. The molecule has 1 amide bonds. The molecular weight excluding hydrogens is 274 g/mol. The minimum absolute atomic E-state index is 0.200. The Kier molecular flexibility index (Phi) is 7.89. The number of ether oxygens (including phenoxy) is 3. The zero-order valence-corrected chi connectivity index (χ0v) is 12.4. The maximum Gasteiger partial charge on any atom is 0.306 e. The van der Waals surface area contributed by atoms with Gasteiger partial charge in [-0.2, -0.15) is 0 Å². The van der Waals surface area contributed by atoms with Crippen molar-refractivity contribution in [1.29, 1.82) is 0 Å². The lowest BCUT2D eigenvalue weighted by Gasteiger charge is -2.08. The van der Waals surface area contributed by atoms with Crippen LogP contribution in [0.5, 0.6) is 5.75 Å². The first-order chi connectivity index (χ1) is 10.2. The van der Waals surface area contributed by atoms with Crippen molar-refractivity contribution < 1.29 is 23.8 Å². The highest BCUT2D eigenvalue weighted by atomic mass is 16.5. The van der Waals surface area contributed by atoms with Gasteiger partial charge >= 0.3 is 5.97 Å². The average Bonchev–Trinajstić information content (AvgIpc) is 2.51. The molecule has 1 aromatic rings. The van der Waals surface area contributed by atoms with Gasteiger partial charge in [0.1, 0.15) is 5.75 Å². The summed E-state index contributed by atoms with van der Waals surface area (Å²) in [6.07, 6.45) is 0.708. The number of carbonyl (C=O) groups is 2. The van der Waals surface area contributed by atoms with E-state index in [-0.39, 0.29) is 18.9 Å². The second kappa shape index (κ2) is 9.77. The van der Waals surface area contributed by atoms with E-state index in [2.05, 4.69) is 5.32 Å². The molecule has 0 atom stereocenters. The van der Waals surface area contributed by atoms with Crippen LogP contribution in [0.2, 0.25) is 0 Å². The number of nitrogens with one attached hydrogen (secondary N) is 1. The molecule has 0 spiro atoms. The molecule has 21 heavy (non-hydrogen) atoms. The zero-order valence-electron chi connectivity index (χ0n) is 12.4. The molecule has 0 aliphatic rings. The Hall–Kier alpha value is -2.08. The van der Waals surface area contributed by atoms with E-state index < -0.39 is 5.97 Å². The summed E-state index contributed by atoms with van der Waals surface area (Å²) < 4.78 is 14.9. The van der Waals surface area contributed by atoms with Crippen LogP contribution in [0.3, 0.4) is 0 Å². The summed E-state index contributed by atoms with van der Waals surface area (Å²) in [5.41, 5.74) is 0.932. The van der Waals surface area contributed by atoms with Crippen LogP contribution in [-0.2, 0) is 25.5 Å². The second-order valence-electron chi connectivity index (χ2n) is 4.32. The largest absolute Gasteiger partial charge is 0.496 e. The van der Waals surface area contributed by atoms with Gasteiger partial charge < -0.3 is 19.5 Å². The molecule has 0 saturated carbocycles. The smallest absolute Gasteiger partial charge is 0.306 e. The number of benzene rings is 1. The molecule has 0 radical (unpaired) electrons. The maximum atomic E-state index is 11.6. The predicted octanol–water partition coefficient (Wildman–Crippen LogP) is 0.934. The summed E-state index contributed by atoms with van der Waals surface area (Å²) >= 11 is 0. The van der Waals surface area contributed by atoms with Crippen LogP contribution in [0, 0.1) is 0 Å². The van der Waals surface area contributed by atoms with Crippen LogP contribution in [0.15, 0.2) is 24.3 Å². The molecule has 6 nitrogen and oxygen atoms in total. The van der Waals surface area contributed by atoms with E-state index in [1.165, 1.54) is 0 Å². The minimum Gasteiger partial charge on any atom is -0.496 e. The third-order valence-corrected chi connectivity index (χ3v) is 2.78. The predicted molar refractivity (Wildman–Crippen MR) is 77.2 cm³/mol. The first-order valence-corrected chi connectivity index (χ1v) is 6.70. The monoisotopic (exact) mass is 295 g/mol. The lowest BCUT2D eigenvalue weighted by atomic mass is 10.1. The molecule has 1 aromatic carbocycles. The number of para-hydroxylation sites is 1. The SMILES string of the molecule is COCCNC(=O)COC(=O)CCc1ccccc1OC. The standard InChI is InChI=1S/C15H21NO5/c1-19-10-9-16-14(17)11-21-15(18)8-7-12-5-3-4-6-13(12)20-2/h3-6H,7-11H2,1-2H3,(H,16,17). The Morgan fingerprint density at radius 3 is 2.67 bits per heavy atom. The third-order valence-electron chi connectivity index (χ3n) is 2.78. The number of amides is 1. The van der Waals surface area contributed by atoms with E-state index >= 15 is 0 Å². The van der Waals surface area contributed by atoms with Crippen LogP contribution < -0.4 is 10.1 Å². The van der Waals surface area contributed by atoms with E-state index in [1.807, 2.05) is 24.3 Å². The highest BCUT2D eigenvalue weighted by molar-refractivity contribution is 5.80. The number of hydrogen-bond acceptors (Lipinski definition) is 5. The summed E-state index contributed by atoms with van der Waals surface area (Å²) in [5, 5.41) is 2.57. The van der Waals surface area contributed by atoms with Gasteiger partial charge in [-0.15, -0.1) is 0 Å². The van der Waals surface area contributed by atoms with Gasteiger partial charge in [0.25, 0.3) is 5.91 Å². The highest BCUT2D eigenvalue weighted by Gasteiger charge is 2.09. The summed E-state index contributed by atoms with van der Waals surface area (Å²) in [5.74, 6) is -0.0110. The Labute approximate surface area is 124 Å². The van der Waals surface area contributed by atoms with Crippen LogP contribution in [-0.4, -0.2) is 45.9 Å². The summed E-state index contributed by atoms with van der Waals surface area (Å²) in [6, 6.07) is 7.48. The Bertz CT molecular complexity index is 461. The number of methoxy groups -OCH3 is 2. The lowest BCUT2D eigenvalue weighted by molar-refractivity contribution is -0.148. The highest BCUT2D eigenvalue weighted by Crippen LogP contribution is 2.18. The molecule has 6 heteroatoms. The molecule has 0 aliphatic heterocycles. The van der Waals surface area contributed by atoms with Crippen molar-refractivity contribution in [3.63, 3.8) is 0 Å². The van der Waals surface area contributed by atoms with Crippen LogP contribution in [0.1, 0.15) is 12.0 Å². The molecule has 116 valence electrons. The maximum absolute atomic E-state index is 11.6. The molecular formula is C15H21NO5. The Morgan fingerprint density at radius 1 is 1.19 bits per heavy atom. The normalized spacial score (nSPS) is 10.0. The van der Waals surface area contributed by atoms with Crippen molar-refractivity contribution in [3.05, 3.63) is 29.8 Å². The minimum atomic E-state index is -0.414. The van der Waals surface area contributed by atoms with Gasteiger partial charge in [0, 0.05) is 20.1 Å². The van der Waals surface area contributed by atoms with E-state index in [0.29, 0.717) is 19.6 Å². The van der Waals surface area contributed by atoms with Gasteiger partial charge in [0.15, 0.2) is 6.61 Å². The molecule has 0 aliphatic carbocycles. The number of carbonyl (C=O) groups excluding carboxylic acids is 2. The quantitative estimate of drug-likeness (QED) is 0.542. The molecule has 1 N–H and O–H groups in total. The third kappa shape index (κ3) is 6.76. The van der Waals surface area contributed by atoms with E-state index in [4.69, 9.17) is 14.2 Å². The van der Waals surface area contributed by atoms with Crippen molar-refractivity contribution >= 4 is 11.9 Å². The zero-order chi connectivity index (χ0) is 15.5. The summed E-state index contributed by atoms with van der Waals surface area (Å²) in [7, 11) is 3.13. The topological polar surface area (TPSA) is 73.9 Å².